The minimum absolute atomic E-state index is 0.00116. The lowest BCUT2D eigenvalue weighted by atomic mass is 9.89. The summed E-state index contributed by atoms with van der Waals surface area (Å²) in [5.41, 5.74) is 5.39. The summed E-state index contributed by atoms with van der Waals surface area (Å²) < 4.78 is 5.11. The van der Waals surface area contributed by atoms with Crippen LogP contribution in [0.4, 0.5) is 0 Å². The lowest BCUT2D eigenvalue weighted by Crippen LogP contribution is -2.37. The number of carbonyl (C=O) groups is 1. The molecule has 1 heterocycles. The Labute approximate surface area is 65.3 Å². The second-order valence-corrected chi connectivity index (χ2v) is 2.80. The molecule has 1 aliphatic rings. The Balaban J connectivity index is 2.51. The van der Waals surface area contributed by atoms with E-state index < -0.39 is 5.97 Å². The molecule has 0 radical (unpaired) electrons. The number of hydrogen-bond donors (Lipinski definition) is 2. The molecule has 1 rings (SSSR count). The van der Waals surface area contributed by atoms with Crippen LogP contribution in [0.25, 0.3) is 0 Å². The lowest BCUT2D eigenvalue weighted by Gasteiger charge is -2.27. The van der Waals surface area contributed by atoms with Gasteiger partial charge in [-0.05, 0) is 13.0 Å². The van der Waals surface area contributed by atoms with E-state index in [4.69, 9.17) is 15.6 Å². The summed E-state index contributed by atoms with van der Waals surface area (Å²) in [6.45, 7) is 1.44. The first-order valence-electron chi connectivity index (χ1n) is 3.76. The van der Waals surface area contributed by atoms with Crippen LogP contribution in [-0.2, 0) is 9.53 Å². The maximum atomic E-state index is 10.6. The zero-order valence-electron chi connectivity index (χ0n) is 6.32. The van der Waals surface area contributed by atoms with Gasteiger partial charge < -0.3 is 15.6 Å². The predicted molar refractivity (Wildman–Crippen MR) is 39.1 cm³/mol. The Hall–Kier alpha value is -0.610. The molecule has 3 N–H and O–H groups in total. The van der Waals surface area contributed by atoms with Crippen molar-refractivity contribution in [1.82, 2.24) is 0 Å². The Morgan fingerprint density at radius 1 is 1.73 bits per heavy atom. The van der Waals surface area contributed by atoms with Gasteiger partial charge in [0.05, 0.1) is 12.5 Å². The van der Waals surface area contributed by atoms with Crippen LogP contribution in [0.15, 0.2) is 0 Å². The van der Waals surface area contributed by atoms with E-state index in [1.165, 1.54) is 0 Å². The average molecular weight is 159 g/mol. The summed E-state index contributed by atoms with van der Waals surface area (Å²) in [7, 11) is 0. The molecule has 0 amide bonds. The Morgan fingerprint density at radius 2 is 2.45 bits per heavy atom. The van der Waals surface area contributed by atoms with Gasteiger partial charge in [0.1, 0.15) is 0 Å². The van der Waals surface area contributed by atoms with Crippen LogP contribution in [0.5, 0.6) is 0 Å². The molecular formula is C7H13NO3. The standard InChI is InChI=1S/C7H13NO3/c8-3-5-4-11-2-1-6(5)7(9)10/h5-6H,1-4,8H2,(H,9,10). The van der Waals surface area contributed by atoms with Gasteiger partial charge in [-0.1, -0.05) is 0 Å². The molecule has 0 aromatic heterocycles. The van der Waals surface area contributed by atoms with Crippen molar-refractivity contribution in [2.75, 3.05) is 19.8 Å². The molecule has 0 bridgehead atoms. The third-order valence-corrected chi connectivity index (χ3v) is 2.09. The van der Waals surface area contributed by atoms with Crippen LogP contribution >= 0.6 is 0 Å². The quantitative estimate of drug-likeness (QED) is 0.579. The highest BCUT2D eigenvalue weighted by Gasteiger charge is 2.29. The van der Waals surface area contributed by atoms with Gasteiger partial charge in [-0.25, -0.2) is 0 Å². The van der Waals surface area contributed by atoms with Crippen LogP contribution in [-0.4, -0.2) is 30.8 Å². The molecule has 2 unspecified atom stereocenters. The Kier molecular flexibility index (Phi) is 2.84. The first-order chi connectivity index (χ1) is 5.25. The number of carboxylic acids is 1. The topological polar surface area (TPSA) is 72.5 Å². The van der Waals surface area contributed by atoms with Crippen molar-refractivity contribution in [3.05, 3.63) is 0 Å². The number of hydrogen-bond acceptors (Lipinski definition) is 3. The first-order valence-corrected chi connectivity index (χ1v) is 3.76. The molecule has 11 heavy (non-hydrogen) atoms. The summed E-state index contributed by atoms with van der Waals surface area (Å²) >= 11 is 0. The SMILES string of the molecule is NCC1COCCC1C(=O)O. The van der Waals surface area contributed by atoms with E-state index in [9.17, 15) is 4.79 Å². The number of carboxylic acid groups (broad SMARTS) is 1. The molecule has 4 heteroatoms. The molecule has 1 saturated heterocycles. The van der Waals surface area contributed by atoms with Gasteiger partial charge >= 0.3 is 5.97 Å². The van der Waals surface area contributed by atoms with Gasteiger partial charge in [0.2, 0.25) is 0 Å². The Morgan fingerprint density at radius 3 is 2.91 bits per heavy atom. The van der Waals surface area contributed by atoms with Gasteiger partial charge in [-0.3, -0.25) is 4.79 Å². The van der Waals surface area contributed by atoms with Crippen LogP contribution in [0.1, 0.15) is 6.42 Å². The summed E-state index contributed by atoms with van der Waals surface area (Å²) in [5, 5.41) is 8.73. The van der Waals surface area contributed by atoms with Crippen molar-refractivity contribution >= 4 is 5.97 Å². The lowest BCUT2D eigenvalue weighted by molar-refractivity contribution is -0.148. The zero-order chi connectivity index (χ0) is 8.27. The fourth-order valence-electron chi connectivity index (χ4n) is 1.35. The molecule has 64 valence electrons. The summed E-state index contributed by atoms with van der Waals surface area (Å²) in [4.78, 5) is 10.6. The van der Waals surface area contributed by atoms with Crippen molar-refractivity contribution in [2.45, 2.75) is 6.42 Å². The molecule has 4 nitrogen and oxygen atoms in total. The largest absolute Gasteiger partial charge is 0.481 e. The molecule has 0 aromatic carbocycles. The molecule has 0 spiro atoms. The van der Waals surface area contributed by atoms with Gasteiger partial charge in [0, 0.05) is 12.5 Å². The van der Waals surface area contributed by atoms with E-state index in [0.29, 0.717) is 26.2 Å². The van der Waals surface area contributed by atoms with E-state index in [1.807, 2.05) is 0 Å². The normalized spacial score (nSPS) is 31.7. The molecule has 0 aromatic rings. The number of rotatable bonds is 2. The fraction of sp³-hybridized carbons (Fsp3) is 0.857. The van der Waals surface area contributed by atoms with Crippen LogP contribution in [0.3, 0.4) is 0 Å². The highest BCUT2D eigenvalue weighted by molar-refractivity contribution is 5.70. The summed E-state index contributed by atoms with van der Waals surface area (Å²) in [6.07, 6.45) is 0.594. The molecule has 1 fully saturated rings. The minimum atomic E-state index is -0.747. The van der Waals surface area contributed by atoms with E-state index in [-0.39, 0.29) is 11.8 Å². The number of aliphatic carboxylic acids is 1. The van der Waals surface area contributed by atoms with E-state index in [2.05, 4.69) is 0 Å². The third kappa shape index (κ3) is 1.91. The maximum absolute atomic E-state index is 10.6. The smallest absolute Gasteiger partial charge is 0.307 e. The highest BCUT2D eigenvalue weighted by Crippen LogP contribution is 2.20. The molecule has 2 atom stereocenters. The third-order valence-electron chi connectivity index (χ3n) is 2.09. The second-order valence-electron chi connectivity index (χ2n) is 2.80. The minimum Gasteiger partial charge on any atom is -0.481 e. The van der Waals surface area contributed by atoms with Crippen molar-refractivity contribution in [1.29, 1.82) is 0 Å². The van der Waals surface area contributed by atoms with Crippen molar-refractivity contribution in [3.8, 4) is 0 Å². The van der Waals surface area contributed by atoms with E-state index in [1.54, 1.807) is 0 Å². The molecular weight excluding hydrogens is 146 g/mol. The second kappa shape index (κ2) is 3.69. The van der Waals surface area contributed by atoms with Crippen LogP contribution < -0.4 is 5.73 Å². The van der Waals surface area contributed by atoms with E-state index >= 15 is 0 Å². The molecule has 0 aliphatic carbocycles. The van der Waals surface area contributed by atoms with E-state index in [0.717, 1.165) is 0 Å². The van der Waals surface area contributed by atoms with Crippen molar-refractivity contribution < 1.29 is 14.6 Å². The predicted octanol–water partition coefficient (Wildman–Crippen LogP) is -0.318. The highest BCUT2D eigenvalue weighted by atomic mass is 16.5. The van der Waals surface area contributed by atoms with Gasteiger partial charge in [0.25, 0.3) is 0 Å². The zero-order valence-corrected chi connectivity index (χ0v) is 6.32. The van der Waals surface area contributed by atoms with Gasteiger partial charge in [-0.2, -0.15) is 0 Å². The van der Waals surface area contributed by atoms with Crippen molar-refractivity contribution in [2.24, 2.45) is 17.6 Å². The molecule has 1 aliphatic heterocycles. The van der Waals surface area contributed by atoms with Crippen LogP contribution in [0, 0.1) is 11.8 Å². The van der Waals surface area contributed by atoms with Crippen molar-refractivity contribution in [3.63, 3.8) is 0 Å². The summed E-state index contributed by atoms with van der Waals surface area (Å²) in [5.74, 6) is -1.04. The first kappa shape index (κ1) is 8.49. The maximum Gasteiger partial charge on any atom is 0.307 e. The summed E-state index contributed by atoms with van der Waals surface area (Å²) in [6, 6.07) is 0. The van der Waals surface area contributed by atoms with Gasteiger partial charge in [-0.15, -0.1) is 0 Å². The Bertz CT molecular complexity index is 149. The monoisotopic (exact) mass is 159 g/mol. The average Bonchev–Trinajstić information content (AvgIpc) is 2.04. The number of nitrogens with two attached hydrogens (primary N) is 1. The van der Waals surface area contributed by atoms with Crippen LogP contribution in [0.2, 0.25) is 0 Å². The van der Waals surface area contributed by atoms with Gasteiger partial charge in [0.15, 0.2) is 0 Å². The number of ether oxygens (including phenoxy) is 1. The fourth-order valence-corrected chi connectivity index (χ4v) is 1.35. The molecule has 0 saturated carbocycles.